The molecule has 0 radical (unpaired) electrons. The summed E-state index contributed by atoms with van der Waals surface area (Å²) in [5.41, 5.74) is 4.63. The molecule has 0 aromatic carbocycles. The van der Waals surface area contributed by atoms with Crippen molar-refractivity contribution in [1.29, 1.82) is 0 Å². The number of fused-ring (bicyclic) bond motifs is 1. The second-order valence-corrected chi connectivity index (χ2v) is 6.37. The highest BCUT2D eigenvalue weighted by molar-refractivity contribution is 7.15. The summed E-state index contributed by atoms with van der Waals surface area (Å²) < 4.78 is 2.16. The molecule has 0 spiro atoms. The van der Waals surface area contributed by atoms with Crippen molar-refractivity contribution < 1.29 is 0 Å². The van der Waals surface area contributed by atoms with E-state index in [0.717, 1.165) is 21.9 Å². The average Bonchev–Trinajstić information content (AvgIpc) is 3.13. The van der Waals surface area contributed by atoms with E-state index in [0.29, 0.717) is 0 Å². The summed E-state index contributed by atoms with van der Waals surface area (Å²) in [6, 6.07) is 6.26. The number of hydrogen-bond donors (Lipinski definition) is 0. The number of imidazole rings is 1. The van der Waals surface area contributed by atoms with Crippen LogP contribution >= 0.6 is 22.7 Å². The maximum absolute atomic E-state index is 4.80. The van der Waals surface area contributed by atoms with Crippen molar-refractivity contribution in [2.75, 3.05) is 0 Å². The topological polar surface area (TPSA) is 30.2 Å². The summed E-state index contributed by atoms with van der Waals surface area (Å²) in [5.74, 6) is 0. The number of rotatable bonds is 2. The van der Waals surface area contributed by atoms with E-state index in [2.05, 4.69) is 39.3 Å². The maximum atomic E-state index is 4.80. The van der Waals surface area contributed by atoms with Crippen molar-refractivity contribution >= 4 is 27.6 Å². The first-order valence-corrected chi connectivity index (χ1v) is 8.00. The zero-order valence-corrected chi connectivity index (χ0v) is 12.4. The van der Waals surface area contributed by atoms with Gasteiger partial charge in [-0.1, -0.05) is 0 Å². The number of nitrogens with zero attached hydrogens (tertiary/aromatic N) is 3. The van der Waals surface area contributed by atoms with Crippen LogP contribution in [0.5, 0.6) is 0 Å². The molecule has 0 aliphatic heterocycles. The van der Waals surface area contributed by atoms with Gasteiger partial charge in [-0.25, -0.2) is 4.98 Å². The van der Waals surface area contributed by atoms with E-state index in [1.54, 1.807) is 22.7 Å². The Hall–Kier alpha value is -1.98. The lowest BCUT2D eigenvalue weighted by Crippen LogP contribution is -1.86. The lowest BCUT2D eigenvalue weighted by molar-refractivity contribution is 1.23. The highest BCUT2D eigenvalue weighted by atomic mass is 32.1. The van der Waals surface area contributed by atoms with Crippen LogP contribution in [0.15, 0.2) is 47.5 Å². The van der Waals surface area contributed by atoms with Crippen LogP contribution in [0.1, 0.15) is 5.56 Å². The minimum absolute atomic E-state index is 1.03. The van der Waals surface area contributed by atoms with E-state index in [4.69, 9.17) is 4.98 Å². The fourth-order valence-electron chi connectivity index (χ4n) is 2.30. The second-order valence-electron chi connectivity index (χ2n) is 4.59. The highest BCUT2D eigenvalue weighted by Gasteiger charge is 2.17. The van der Waals surface area contributed by atoms with Gasteiger partial charge in [0.25, 0.3) is 0 Å². The van der Waals surface area contributed by atoms with Crippen molar-refractivity contribution in [2.45, 2.75) is 6.92 Å². The molecule has 0 atom stereocenters. The third-order valence-electron chi connectivity index (χ3n) is 3.18. The second kappa shape index (κ2) is 4.54. The summed E-state index contributed by atoms with van der Waals surface area (Å²) in [6.07, 6.45) is 5.72. The summed E-state index contributed by atoms with van der Waals surface area (Å²) in [4.78, 5) is 11.1. The first kappa shape index (κ1) is 11.8. The van der Waals surface area contributed by atoms with Gasteiger partial charge in [-0.2, -0.15) is 0 Å². The van der Waals surface area contributed by atoms with Crippen LogP contribution < -0.4 is 0 Å². The molecule has 0 saturated carbocycles. The fourth-order valence-corrected chi connectivity index (χ4v) is 3.90. The van der Waals surface area contributed by atoms with Crippen LogP contribution in [0.4, 0.5) is 0 Å². The van der Waals surface area contributed by atoms with E-state index in [1.807, 2.05) is 24.5 Å². The molecule has 0 aliphatic carbocycles. The SMILES string of the molecule is Cc1csc(-c2nc3sccn3c2-c2ccncc2)c1. The van der Waals surface area contributed by atoms with Gasteiger partial charge in [0.2, 0.25) is 0 Å². The fraction of sp³-hybridized carbons (Fsp3) is 0.0667. The van der Waals surface area contributed by atoms with Crippen molar-refractivity contribution in [3.8, 4) is 21.8 Å². The van der Waals surface area contributed by atoms with Gasteiger partial charge >= 0.3 is 0 Å². The Morgan fingerprint density at radius 3 is 2.75 bits per heavy atom. The Morgan fingerprint density at radius 2 is 2.00 bits per heavy atom. The first-order valence-electron chi connectivity index (χ1n) is 6.24. The van der Waals surface area contributed by atoms with Crippen LogP contribution in [0.3, 0.4) is 0 Å². The Morgan fingerprint density at radius 1 is 1.15 bits per heavy atom. The maximum Gasteiger partial charge on any atom is 0.194 e. The summed E-state index contributed by atoms with van der Waals surface area (Å²) >= 11 is 3.40. The standard InChI is InChI=1S/C15H11N3S2/c1-10-8-12(20-9-10)13-14(11-2-4-16-5-3-11)18-6-7-19-15(18)17-13/h2-9H,1H3. The zero-order chi connectivity index (χ0) is 13.5. The molecule has 20 heavy (non-hydrogen) atoms. The number of thiophene rings is 1. The summed E-state index contributed by atoms with van der Waals surface area (Å²) in [7, 11) is 0. The molecule has 0 bridgehead atoms. The van der Waals surface area contributed by atoms with E-state index >= 15 is 0 Å². The molecule has 4 aromatic heterocycles. The van der Waals surface area contributed by atoms with Gasteiger partial charge in [0, 0.05) is 29.5 Å². The Labute approximate surface area is 124 Å². The Bertz CT molecular complexity index is 871. The number of thiazole rings is 1. The first-order chi connectivity index (χ1) is 9.83. The number of aromatic nitrogens is 3. The molecule has 0 N–H and O–H groups in total. The summed E-state index contributed by atoms with van der Waals surface area (Å²) in [5, 5.41) is 4.23. The van der Waals surface area contributed by atoms with E-state index in [1.165, 1.54) is 10.4 Å². The van der Waals surface area contributed by atoms with Crippen molar-refractivity contribution in [3.63, 3.8) is 0 Å². The van der Waals surface area contributed by atoms with Gasteiger partial charge in [0.15, 0.2) is 4.96 Å². The highest BCUT2D eigenvalue weighted by Crippen LogP contribution is 2.36. The molecule has 0 unspecified atom stereocenters. The molecule has 4 rings (SSSR count). The zero-order valence-electron chi connectivity index (χ0n) is 10.8. The minimum Gasteiger partial charge on any atom is -0.290 e. The van der Waals surface area contributed by atoms with Gasteiger partial charge in [0.05, 0.1) is 10.6 Å². The van der Waals surface area contributed by atoms with Crippen LogP contribution in [0, 0.1) is 6.92 Å². The molecule has 0 amide bonds. The number of hydrogen-bond acceptors (Lipinski definition) is 4. The lowest BCUT2D eigenvalue weighted by atomic mass is 10.1. The van der Waals surface area contributed by atoms with Crippen molar-refractivity contribution in [3.05, 3.63) is 53.1 Å². The van der Waals surface area contributed by atoms with Crippen LogP contribution in [-0.2, 0) is 0 Å². The predicted molar refractivity (Wildman–Crippen MR) is 84.4 cm³/mol. The Kier molecular flexibility index (Phi) is 2.68. The third kappa shape index (κ3) is 1.78. The van der Waals surface area contributed by atoms with Crippen LogP contribution in [0.25, 0.3) is 26.8 Å². The molecular formula is C15H11N3S2. The molecule has 98 valence electrons. The molecule has 4 heterocycles. The smallest absolute Gasteiger partial charge is 0.194 e. The number of pyridine rings is 1. The normalized spacial score (nSPS) is 11.2. The molecular weight excluding hydrogens is 286 g/mol. The summed E-state index contributed by atoms with van der Waals surface area (Å²) in [6.45, 7) is 2.12. The largest absolute Gasteiger partial charge is 0.290 e. The van der Waals surface area contributed by atoms with Crippen LogP contribution in [0.2, 0.25) is 0 Å². The van der Waals surface area contributed by atoms with Gasteiger partial charge in [-0.05, 0) is 36.1 Å². The molecule has 5 heteroatoms. The number of aryl methyl sites for hydroxylation is 1. The van der Waals surface area contributed by atoms with Crippen LogP contribution in [-0.4, -0.2) is 14.4 Å². The van der Waals surface area contributed by atoms with Crippen molar-refractivity contribution in [1.82, 2.24) is 14.4 Å². The van der Waals surface area contributed by atoms with Gasteiger partial charge in [-0.15, -0.1) is 22.7 Å². The molecule has 0 fully saturated rings. The third-order valence-corrected chi connectivity index (χ3v) is 4.99. The average molecular weight is 297 g/mol. The Balaban J connectivity index is 2.04. The van der Waals surface area contributed by atoms with E-state index < -0.39 is 0 Å². The van der Waals surface area contributed by atoms with E-state index in [-0.39, 0.29) is 0 Å². The monoisotopic (exact) mass is 297 g/mol. The van der Waals surface area contributed by atoms with Gasteiger partial charge in [-0.3, -0.25) is 9.38 Å². The van der Waals surface area contributed by atoms with Gasteiger partial charge in [0.1, 0.15) is 5.69 Å². The van der Waals surface area contributed by atoms with Crippen molar-refractivity contribution in [2.24, 2.45) is 0 Å². The van der Waals surface area contributed by atoms with E-state index in [9.17, 15) is 0 Å². The lowest BCUT2D eigenvalue weighted by Gasteiger charge is -2.02. The molecule has 4 aromatic rings. The molecule has 3 nitrogen and oxygen atoms in total. The molecule has 0 aliphatic rings. The quantitative estimate of drug-likeness (QED) is 0.545. The molecule has 0 saturated heterocycles. The minimum atomic E-state index is 1.03. The van der Waals surface area contributed by atoms with Gasteiger partial charge < -0.3 is 0 Å². The predicted octanol–water partition coefficient (Wildman–Crippen LogP) is 4.49.